The van der Waals surface area contributed by atoms with Gasteiger partial charge in [-0.15, -0.1) is 0 Å². The van der Waals surface area contributed by atoms with Gasteiger partial charge in [-0.2, -0.15) is 0 Å². The van der Waals surface area contributed by atoms with Crippen LogP contribution in [0.25, 0.3) is 116 Å². The average molecular weight is 931 g/mol. The van der Waals surface area contributed by atoms with Gasteiger partial charge in [0, 0.05) is 44.3 Å². The Morgan fingerprint density at radius 3 is 1.22 bits per heavy atom. The molecule has 0 radical (unpaired) electrons. The van der Waals surface area contributed by atoms with Crippen LogP contribution in [0.4, 0.5) is 17.1 Å². The Morgan fingerprint density at radius 1 is 0.274 bits per heavy atom. The molecule has 0 fully saturated rings. The van der Waals surface area contributed by atoms with E-state index in [1.165, 1.54) is 71.5 Å². The molecule has 73 heavy (non-hydrogen) atoms. The lowest BCUT2D eigenvalue weighted by molar-refractivity contribution is 0.669. The Labute approximate surface area is 423 Å². The van der Waals surface area contributed by atoms with Gasteiger partial charge in [-0.25, -0.2) is 0 Å². The second-order valence-electron chi connectivity index (χ2n) is 18.9. The summed E-state index contributed by atoms with van der Waals surface area (Å²) in [7, 11) is 0. The molecular weight excluding hydrogens is 885 g/mol. The molecule has 0 aliphatic heterocycles. The maximum atomic E-state index is 6.21. The van der Waals surface area contributed by atoms with Crippen molar-refractivity contribution in [3.05, 3.63) is 279 Å². The van der Waals surface area contributed by atoms with Crippen LogP contribution in [0, 0.1) is 0 Å². The van der Waals surface area contributed by atoms with E-state index < -0.39 is 0 Å². The largest absolute Gasteiger partial charge is 0.456 e. The Kier molecular flexibility index (Phi) is 10.2. The summed E-state index contributed by atoms with van der Waals surface area (Å²) in [4.78, 5) is 2.35. The first-order valence-electron chi connectivity index (χ1n) is 25.0. The van der Waals surface area contributed by atoms with Gasteiger partial charge in [0.1, 0.15) is 11.2 Å². The van der Waals surface area contributed by atoms with Gasteiger partial charge in [0.15, 0.2) is 0 Å². The van der Waals surface area contributed by atoms with Crippen LogP contribution in [0.15, 0.2) is 283 Å². The molecule has 0 aliphatic rings. The number of nitrogens with zero attached hydrogens (tertiary/aromatic N) is 2. The first-order valence-corrected chi connectivity index (χ1v) is 25.0. The smallest absolute Gasteiger partial charge is 0.136 e. The van der Waals surface area contributed by atoms with Crippen molar-refractivity contribution in [1.29, 1.82) is 0 Å². The molecule has 0 bridgehead atoms. The normalized spacial score (nSPS) is 11.6. The summed E-state index contributed by atoms with van der Waals surface area (Å²) >= 11 is 0. The first-order chi connectivity index (χ1) is 36.2. The zero-order valence-electron chi connectivity index (χ0n) is 39.9. The van der Waals surface area contributed by atoms with Gasteiger partial charge >= 0.3 is 0 Å². The molecule has 0 atom stereocenters. The standard InChI is InChI=1S/C70H46N2O/c1-2-11-56-46-57(29-26-47(56)10-1)54-36-42-60(43-37-54)71(59-40-32-52(33-41-59)50-24-27-55(28-25-50)62-15-9-19-69-70(62)65-14-5-8-18-68(65)73-69)58-38-30-51(31-39-58)48-20-22-49(23-21-48)53-34-44-61(45-35-53)72-66-16-6-3-12-63(66)64-13-4-7-17-67(64)72/h1-46H. The number of hydrogen-bond donors (Lipinski definition) is 0. The Hall–Kier alpha value is -9.70. The second-order valence-corrected chi connectivity index (χ2v) is 18.9. The van der Waals surface area contributed by atoms with E-state index in [1.807, 2.05) is 12.1 Å². The van der Waals surface area contributed by atoms with Crippen molar-refractivity contribution < 1.29 is 4.42 Å². The van der Waals surface area contributed by atoms with Crippen molar-refractivity contribution in [2.24, 2.45) is 0 Å². The quantitative estimate of drug-likeness (QED) is 0.144. The van der Waals surface area contributed by atoms with Crippen LogP contribution in [0.5, 0.6) is 0 Å². The minimum absolute atomic E-state index is 0.907. The number of hydrogen-bond acceptors (Lipinski definition) is 2. The highest BCUT2D eigenvalue weighted by atomic mass is 16.3. The molecule has 2 heterocycles. The second kappa shape index (κ2) is 17.6. The van der Waals surface area contributed by atoms with E-state index in [0.29, 0.717) is 0 Å². The molecule has 0 saturated heterocycles. The molecule has 12 aromatic carbocycles. The molecule has 0 saturated carbocycles. The van der Waals surface area contributed by atoms with Crippen LogP contribution in [-0.4, -0.2) is 4.57 Å². The highest BCUT2D eigenvalue weighted by molar-refractivity contribution is 6.12. The van der Waals surface area contributed by atoms with Gasteiger partial charge in [0.05, 0.1) is 11.0 Å². The zero-order valence-corrected chi connectivity index (χ0v) is 39.9. The number of benzene rings is 12. The molecule has 2 aromatic heterocycles. The van der Waals surface area contributed by atoms with Crippen molar-refractivity contribution in [3.63, 3.8) is 0 Å². The van der Waals surface area contributed by atoms with E-state index >= 15 is 0 Å². The first kappa shape index (κ1) is 42.2. The third kappa shape index (κ3) is 7.54. The van der Waals surface area contributed by atoms with Crippen molar-refractivity contribution in [2.75, 3.05) is 4.90 Å². The van der Waals surface area contributed by atoms with Crippen LogP contribution in [0.2, 0.25) is 0 Å². The lowest BCUT2D eigenvalue weighted by atomic mass is 9.97. The summed E-state index contributed by atoms with van der Waals surface area (Å²) < 4.78 is 8.57. The zero-order chi connectivity index (χ0) is 48.2. The van der Waals surface area contributed by atoms with Crippen LogP contribution in [-0.2, 0) is 0 Å². The fraction of sp³-hybridized carbons (Fsp3) is 0. The SMILES string of the molecule is c1ccc2cc(-c3ccc(N(c4ccc(-c5ccc(-c6ccc(-n7c8ccccc8c8ccccc87)cc6)cc5)cc4)c4ccc(-c5ccc(-c6cccc7oc8ccccc8c67)cc5)cc4)cc3)ccc2c1. The predicted molar refractivity (Wildman–Crippen MR) is 307 cm³/mol. The number of aromatic nitrogens is 1. The maximum absolute atomic E-state index is 6.21. The summed E-state index contributed by atoms with van der Waals surface area (Å²) in [6.45, 7) is 0. The molecule has 0 spiro atoms. The summed E-state index contributed by atoms with van der Waals surface area (Å²) in [5, 5.41) is 7.32. The topological polar surface area (TPSA) is 21.3 Å². The molecule has 342 valence electrons. The Bertz CT molecular complexity index is 4260. The van der Waals surface area contributed by atoms with E-state index in [-0.39, 0.29) is 0 Å². The molecular formula is C70H46N2O. The van der Waals surface area contributed by atoms with E-state index in [0.717, 1.165) is 61.4 Å². The molecule has 0 amide bonds. The number of furan rings is 1. The fourth-order valence-corrected chi connectivity index (χ4v) is 10.9. The number of para-hydroxylation sites is 3. The van der Waals surface area contributed by atoms with Crippen LogP contribution >= 0.6 is 0 Å². The highest BCUT2D eigenvalue weighted by Crippen LogP contribution is 2.41. The summed E-state index contributed by atoms with van der Waals surface area (Å²) in [5.74, 6) is 0. The molecule has 3 nitrogen and oxygen atoms in total. The minimum atomic E-state index is 0.907. The van der Waals surface area contributed by atoms with Crippen molar-refractivity contribution in [1.82, 2.24) is 4.57 Å². The molecule has 0 unspecified atom stereocenters. The van der Waals surface area contributed by atoms with Gasteiger partial charge < -0.3 is 13.9 Å². The van der Waals surface area contributed by atoms with Gasteiger partial charge in [0.2, 0.25) is 0 Å². The third-order valence-electron chi connectivity index (χ3n) is 14.6. The summed E-state index contributed by atoms with van der Waals surface area (Å²) in [5.41, 5.74) is 20.4. The van der Waals surface area contributed by atoms with E-state index in [4.69, 9.17) is 4.42 Å². The van der Waals surface area contributed by atoms with E-state index in [1.54, 1.807) is 0 Å². The number of rotatable bonds is 9. The van der Waals surface area contributed by atoms with Crippen LogP contribution in [0.1, 0.15) is 0 Å². The van der Waals surface area contributed by atoms with Crippen molar-refractivity contribution in [2.45, 2.75) is 0 Å². The highest BCUT2D eigenvalue weighted by Gasteiger charge is 2.17. The lowest BCUT2D eigenvalue weighted by Gasteiger charge is -2.26. The molecule has 3 heteroatoms. The third-order valence-corrected chi connectivity index (χ3v) is 14.6. The van der Waals surface area contributed by atoms with Crippen molar-refractivity contribution in [3.8, 4) is 61.3 Å². The van der Waals surface area contributed by atoms with Crippen LogP contribution in [0.3, 0.4) is 0 Å². The van der Waals surface area contributed by atoms with E-state index in [2.05, 4.69) is 276 Å². The summed E-state index contributed by atoms with van der Waals surface area (Å²) in [6.07, 6.45) is 0. The van der Waals surface area contributed by atoms with E-state index in [9.17, 15) is 0 Å². The molecule has 14 rings (SSSR count). The van der Waals surface area contributed by atoms with Gasteiger partial charge in [-0.1, -0.05) is 200 Å². The Balaban J connectivity index is 0.754. The monoisotopic (exact) mass is 930 g/mol. The number of anilines is 3. The Morgan fingerprint density at radius 2 is 0.671 bits per heavy atom. The molecule has 0 N–H and O–H groups in total. The maximum Gasteiger partial charge on any atom is 0.136 e. The predicted octanol–water partition coefficient (Wildman–Crippen LogP) is 19.6. The average Bonchev–Trinajstić information content (AvgIpc) is 4.02. The molecule has 0 aliphatic carbocycles. The number of fused-ring (bicyclic) bond motifs is 7. The van der Waals surface area contributed by atoms with Gasteiger partial charge in [-0.05, 0) is 145 Å². The fourth-order valence-electron chi connectivity index (χ4n) is 10.9. The lowest BCUT2D eigenvalue weighted by Crippen LogP contribution is -2.09. The van der Waals surface area contributed by atoms with Gasteiger partial charge in [-0.3, -0.25) is 0 Å². The van der Waals surface area contributed by atoms with Crippen molar-refractivity contribution >= 4 is 71.6 Å². The summed E-state index contributed by atoms with van der Waals surface area (Å²) in [6, 6.07) is 101. The van der Waals surface area contributed by atoms with Crippen LogP contribution < -0.4 is 4.90 Å². The minimum Gasteiger partial charge on any atom is -0.456 e. The van der Waals surface area contributed by atoms with Gasteiger partial charge in [0.25, 0.3) is 0 Å². The molecule has 14 aromatic rings.